The van der Waals surface area contributed by atoms with E-state index in [1.165, 1.54) is 20.3 Å². The lowest BCUT2D eigenvalue weighted by molar-refractivity contribution is -0.147. The van der Waals surface area contributed by atoms with Crippen molar-refractivity contribution in [3.63, 3.8) is 0 Å². The predicted molar refractivity (Wildman–Crippen MR) is 64.9 cm³/mol. The van der Waals surface area contributed by atoms with Crippen LogP contribution in [0.1, 0.15) is 11.7 Å². The molecular weight excluding hydrogens is 327 g/mol. The smallest absolute Gasteiger partial charge is 0.337 e. The average Bonchev–Trinajstić information content (AvgIpc) is 2.27. The monoisotopic (exact) mass is 338 g/mol. The Kier molecular flexibility index (Phi) is 4.36. The zero-order valence-electron chi connectivity index (χ0n) is 8.73. The summed E-state index contributed by atoms with van der Waals surface area (Å²) in [5, 5.41) is 18.2. The second-order valence-corrected chi connectivity index (χ2v) is 4.13. The number of ether oxygens (including phenoxy) is 2. The van der Waals surface area contributed by atoms with Crippen LogP contribution < -0.4 is 9.47 Å². The molecule has 16 heavy (non-hydrogen) atoms. The van der Waals surface area contributed by atoms with Gasteiger partial charge in [-0.05, 0) is 34.7 Å². The summed E-state index contributed by atoms with van der Waals surface area (Å²) in [4.78, 5) is 10.7. The molecule has 2 N–H and O–H groups in total. The van der Waals surface area contributed by atoms with E-state index in [-0.39, 0.29) is 5.56 Å². The first-order valence-electron chi connectivity index (χ1n) is 4.33. The molecule has 0 spiro atoms. The first-order valence-corrected chi connectivity index (χ1v) is 5.41. The first-order chi connectivity index (χ1) is 7.51. The topological polar surface area (TPSA) is 76.0 Å². The van der Waals surface area contributed by atoms with Crippen LogP contribution in [0, 0.1) is 3.57 Å². The molecule has 1 unspecified atom stereocenters. The van der Waals surface area contributed by atoms with E-state index in [0.717, 1.165) is 3.57 Å². The quantitative estimate of drug-likeness (QED) is 0.813. The molecule has 0 saturated heterocycles. The number of hydrogen-bond acceptors (Lipinski definition) is 4. The molecule has 0 bridgehead atoms. The van der Waals surface area contributed by atoms with Crippen LogP contribution in [0.4, 0.5) is 0 Å². The molecule has 0 amide bonds. The average molecular weight is 338 g/mol. The van der Waals surface area contributed by atoms with Gasteiger partial charge in [0.15, 0.2) is 6.10 Å². The van der Waals surface area contributed by atoms with Crippen LogP contribution in [0.2, 0.25) is 0 Å². The minimum absolute atomic E-state index is 0.173. The van der Waals surface area contributed by atoms with Crippen LogP contribution in [0.25, 0.3) is 0 Å². The van der Waals surface area contributed by atoms with Crippen LogP contribution in [0.5, 0.6) is 11.5 Å². The van der Waals surface area contributed by atoms with E-state index < -0.39 is 12.1 Å². The lowest BCUT2D eigenvalue weighted by Crippen LogP contribution is -2.12. The largest absolute Gasteiger partial charge is 0.496 e. The summed E-state index contributed by atoms with van der Waals surface area (Å²) in [6.45, 7) is 0. The van der Waals surface area contributed by atoms with Gasteiger partial charge in [-0.15, -0.1) is 0 Å². The van der Waals surface area contributed by atoms with Gasteiger partial charge < -0.3 is 19.7 Å². The molecule has 6 heteroatoms. The minimum Gasteiger partial charge on any atom is -0.496 e. The number of benzene rings is 1. The van der Waals surface area contributed by atoms with Crippen molar-refractivity contribution in [3.05, 3.63) is 21.3 Å². The van der Waals surface area contributed by atoms with Gasteiger partial charge >= 0.3 is 5.97 Å². The van der Waals surface area contributed by atoms with E-state index in [0.29, 0.717) is 11.5 Å². The molecule has 5 nitrogen and oxygen atoms in total. The van der Waals surface area contributed by atoms with Gasteiger partial charge in [-0.3, -0.25) is 0 Å². The van der Waals surface area contributed by atoms with E-state index in [2.05, 4.69) is 0 Å². The Bertz CT molecular complexity index is 404. The van der Waals surface area contributed by atoms with E-state index in [1.54, 1.807) is 6.07 Å². The van der Waals surface area contributed by atoms with Crippen molar-refractivity contribution in [2.75, 3.05) is 14.2 Å². The Labute approximate surface area is 106 Å². The van der Waals surface area contributed by atoms with Crippen molar-refractivity contribution in [1.82, 2.24) is 0 Å². The maximum Gasteiger partial charge on any atom is 0.337 e. The van der Waals surface area contributed by atoms with Gasteiger partial charge in [-0.2, -0.15) is 0 Å². The molecule has 88 valence electrons. The minimum atomic E-state index is -1.62. The molecule has 0 radical (unpaired) electrons. The number of hydrogen-bond donors (Lipinski definition) is 2. The number of aliphatic carboxylic acids is 1. The highest BCUT2D eigenvalue weighted by Gasteiger charge is 2.22. The maximum atomic E-state index is 10.7. The van der Waals surface area contributed by atoms with Crippen molar-refractivity contribution in [2.45, 2.75) is 6.10 Å². The van der Waals surface area contributed by atoms with Crippen LogP contribution in [0.15, 0.2) is 12.1 Å². The van der Waals surface area contributed by atoms with Crippen molar-refractivity contribution in [1.29, 1.82) is 0 Å². The third kappa shape index (κ3) is 2.56. The van der Waals surface area contributed by atoms with Crippen LogP contribution in [-0.2, 0) is 4.79 Å². The molecule has 1 aromatic rings. The Morgan fingerprint density at radius 3 is 2.31 bits per heavy atom. The second kappa shape index (κ2) is 5.35. The number of methoxy groups -OCH3 is 2. The van der Waals surface area contributed by atoms with Gasteiger partial charge in [0.05, 0.1) is 17.8 Å². The predicted octanol–water partition coefficient (Wildman–Crippen LogP) is 1.43. The second-order valence-electron chi connectivity index (χ2n) is 2.97. The number of carbonyl (C=O) groups is 1. The summed E-state index contributed by atoms with van der Waals surface area (Å²) in [6.07, 6.45) is -1.62. The van der Waals surface area contributed by atoms with Gasteiger partial charge in [-0.1, -0.05) is 0 Å². The molecule has 0 aromatic heterocycles. The van der Waals surface area contributed by atoms with Crippen molar-refractivity contribution in [2.24, 2.45) is 0 Å². The summed E-state index contributed by atoms with van der Waals surface area (Å²) < 4.78 is 10.8. The molecule has 0 aliphatic heterocycles. The standard InChI is InChI=1S/C10H11IO5/c1-15-7-4-6(11)8(16-2)3-5(7)9(12)10(13)14/h3-4,9,12H,1-2H3,(H,13,14). The third-order valence-electron chi connectivity index (χ3n) is 2.03. The molecule has 1 atom stereocenters. The number of rotatable bonds is 4. The van der Waals surface area contributed by atoms with Crippen LogP contribution in [-0.4, -0.2) is 30.4 Å². The van der Waals surface area contributed by atoms with E-state index in [1.807, 2.05) is 22.6 Å². The fraction of sp³-hybridized carbons (Fsp3) is 0.300. The Hall–Kier alpha value is -1.02. The number of carboxylic acids is 1. The molecule has 0 saturated carbocycles. The summed E-state index contributed by atoms with van der Waals surface area (Å²) in [7, 11) is 2.89. The fourth-order valence-corrected chi connectivity index (χ4v) is 1.89. The zero-order valence-corrected chi connectivity index (χ0v) is 10.9. The van der Waals surface area contributed by atoms with Gasteiger partial charge in [0, 0.05) is 5.56 Å². The molecule has 0 aliphatic carbocycles. The zero-order chi connectivity index (χ0) is 12.3. The van der Waals surface area contributed by atoms with Crippen molar-refractivity contribution >= 4 is 28.6 Å². The van der Waals surface area contributed by atoms with E-state index in [4.69, 9.17) is 14.6 Å². The Morgan fingerprint density at radius 1 is 1.31 bits per heavy atom. The number of aliphatic hydroxyl groups is 1. The third-order valence-corrected chi connectivity index (χ3v) is 2.88. The maximum absolute atomic E-state index is 10.7. The van der Waals surface area contributed by atoms with Crippen molar-refractivity contribution in [3.8, 4) is 11.5 Å². The molecule has 0 aliphatic rings. The summed E-state index contributed by atoms with van der Waals surface area (Å²) in [5.41, 5.74) is 0.173. The molecule has 0 heterocycles. The highest BCUT2D eigenvalue weighted by atomic mass is 127. The number of halogens is 1. The summed E-state index contributed by atoms with van der Waals surface area (Å²) in [6, 6.07) is 3.07. The van der Waals surface area contributed by atoms with Gasteiger partial charge in [0.25, 0.3) is 0 Å². The highest BCUT2D eigenvalue weighted by molar-refractivity contribution is 14.1. The van der Waals surface area contributed by atoms with E-state index in [9.17, 15) is 9.90 Å². The van der Waals surface area contributed by atoms with Gasteiger partial charge in [0.1, 0.15) is 11.5 Å². The molecule has 0 fully saturated rings. The van der Waals surface area contributed by atoms with Gasteiger partial charge in [0.2, 0.25) is 0 Å². The van der Waals surface area contributed by atoms with Crippen LogP contribution >= 0.6 is 22.6 Å². The lowest BCUT2D eigenvalue weighted by atomic mass is 10.1. The van der Waals surface area contributed by atoms with Crippen molar-refractivity contribution < 1.29 is 24.5 Å². The molecule has 1 aromatic carbocycles. The Balaban J connectivity index is 3.29. The SMILES string of the molecule is COc1cc(C(O)C(=O)O)c(OC)cc1I. The number of aliphatic hydroxyl groups excluding tert-OH is 1. The molecular formula is C10H11IO5. The normalized spacial score (nSPS) is 12.0. The lowest BCUT2D eigenvalue weighted by Gasteiger charge is -2.14. The summed E-state index contributed by atoms with van der Waals surface area (Å²) in [5.74, 6) is -0.515. The molecule has 1 rings (SSSR count). The fourth-order valence-electron chi connectivity index (χ4n) is 1.23. The highest BCUT2D eigenvalue weighted by Crippen LogP contribution is 2.33. The number of carboxylic acid groups (broad SMARTS) is 1. The Morgan fingerprint density at radius 2 is 1.88 bits per heavy atom. The van der Waals surface area contributed by atoms with Crippen LogP contribution in [0.3, 0.4) is 0 Å². The van der Waals surface area contributed by atoms with Gasteiger partial charge in [-0.25, -0.2) is 4.79 Å². The first kappa shape index (κ1) is 13.0. The summed E-state index contributed by atoms with van der Waals surface area (Å²) >= 11 is 2.03. The van der Waals surface area contributed by atoms with E-state index >= 15 is 0 Å².